The summed E-state index contributed by atoms with van der Waals surface area (Å²) >= 11 is 5.65. The van der Waals surface area contributed by atoms with Crippen LogP contribution in [0.25, 0.3) is 0 Å². The van der Waals surface area contributed by atoms with Crippen LogP contribution in [0.15, 0.2) is 18.2 Å². The number of hydrogen-bond acceptors (Lipinski definition) is 2. The Balaban J connectivity index is 2.65. The molecular formula is C13H17ClFNO. The Kier molecular flexibility index (Phi) is 5.59. The molecule has 4 heteroatoms. The van der Waals surface area contributed by atoms with Gasteiger partial charge in [0.25, 0.3) is 0 Å². The minimum absolute atomic E-state index is 0.00321. The van der Waals surface area contributed by atoms with Crippen LogP contribution >= 0.6 is 11.6 Å². The van der Waals surface area contributed by atoms with E-state index < -0.39 is 5.82 Å². The first-order valence-corrected chi connectivity index (χ1v) is 6.10. The van der Waals surface area contributed by atoms with E-state index in [1.54, 1.807) is 12.1 Å². The molecule has 0 heterocycles. The van der Waals surface area contributed by atoms with Gasteiger partial charge in [-0.25, -0.2) is 4.39 Å². The molecule has 0 aliphatic carbocycles. The fourth-order valence-electron chi connectivity index (χ4n) is 1.69. The highest BCUT2D eigenvalue weighted by molar-refractivity contribution is 6.30. The fourth-order valence-corrected chi connectivity index (χ4v) is 1.88. The molecule has 94 valence electrons. The highest BCUT2D eigenvalue weighted by atomic mass is 35.5. The van der Waals surface area contributed by atoms with Crippen LogP contribution in [-0.4, -0.2) is 12.3 Å². The van der Waals surface area contributed by atoms with Gasteiger partial charge in [-0.3, -0.25) is 4.79 Å². The van der Waals surface area contributed by atoms with E-state index >= 15 is 0 Å². The number of carbonyl (C=O) groups excluding carboxylic acids is 1. The Morgan fingerprint density at radius 1 is 1.53 bits per heavy atom. The summed E-state index contributed by atoms with van der Waals surface area (Å²) in [6.07, 6.45) is 1.35. The highest BCUT2D eigenvalue weighted by Gasteiger charge is 2.14. The zero-order valence-electron chi connectivity index (χ0n) is 9.88. The number of halogens is 2. The monoisotopic (exact) mass is 257 g/mol. The van der Waals surface area contributed by atoms with Crippen molar-refractivity contribution in [3.8, 4) is 0 Å². The van der Waals surface area contributed by atoms with Crippen molar-refractivity contribution >= 4 is 17.4 Å². The van der Waals surface area contributed by atoms with Crippen molar-refractivity contribution in [2.24, 2.45) is 11.7 Å². The summed E-state index contributed by atoms with van der Waals surface area (Å²) in [5.41, 5.74) is 5.89. The van der Waals surface area contributed by atoms with E-state index in [0.29, 0.717) is 18.5 Å². The normalized spacial score (nSPS) is 12.5. The lowest BCUT2D eigenvalue weighted by Gasteiger charge is -2.11. The van der Waals surface area contributed by atoms with Gasteiger partial charge in [-0.2, -0.15) is 0 Å². The molecule has 0 fully saturated rings. The second-order valence-corrected chi connectivity index (χ2v) is 4.55. The van der Waals surface area contributed by atoms with Gasteiger partial charge in [-0.05, 0) is 24.1 Å². The average Bonchev–Trinajstić information content (AvgIpc) is 2.32. The van der Waals surface area contributed by atoms with E-state index in [4.69, 9.17) is 17.3 Å². The van der Waals surface area contributed by atoms with Crippen molar-refractivity contribution in [3.63, 3.8) is 0 Å². The molecule has 0 saturated carbocycles. The van der Waals surface area contributed by atoms with Crippen LogP contribution in [0.4, 0.5) is 4.39 Å². The van der Waals surface area contributed by atoms with Gasteiger partial charge in [0.2, 0.25) is 0 Å². The van der Waals surface area contributed by atoms with Crippen LogP contribution in [0, 0.1) is 11.7 Å². The van der Waals surface area contributed by atoms with Gasteiger partial charge in [-0.1, -0.05) is 37.1 Å². The molecule has 0 bridgehead atoms. The topological polar surface area (TPSA) is 43.1 Å². The molecule has 0 aromatic heterocycles. The van der Waals surface area contributed by atoms with Crippen LogP contribution in [-0.2, 0) is 11.2 Å². The first-order chi connectivity index (χ1) is 8.08. The molecule has 1 aromatic carbocycles. The summed E-state index contributed by atoms with van der Waals surface area (Å²) in [6.45, 7) is 2.48. The molecule has 1 rings (SSSR count). The van der Waals surface area contributed by atoms with Gasteiger partial charge in [0, 0.05) is 12.8 Å². The molecule has 1 aromatic rings. The van der Waals surface area contributed by atoms with Crippen LogP contribution in [0.5, 0.6) is 0 Å². The number of nitrogens with two attached hydrogens (primary N) is 1. The predicted molar refractivity (Wildman–Crippen MR) is 67.6 cm³/mol. The van der Waals surface area contributed by atoms with Crippen LogP contribution in [0.1, 0.15) is 25.3 Å². The summed E-state index contributed by atoms with van der Waals surface area (Å²) in [6, 6.07) is 4.70. The van der Waals surface area contributed by atoms with Crippen molar-refractivity contribution < 1.29 is 9.18 Å². The summed E-state index contributed by atoms with van der Waals surface area (Å²) < 4.78 is 13.6. The van der Waals surface area contributed by atoms with Gasteiger partial charge in [0.1, 0.15) is 11.6 Å². The molecule has 0 saturated heterocycles. The zero-order valence-corrected chi connectivity index (χ0v) is 10.6. The molecule has 2 nitrogen and oxygen atoms in total. The molecular weight excluding hydrogens is 241 g/mol. The number of Topliss-reactive ketones (excluding diaryl/α,β-unsaturated/α-hetero) is 1. The summed E-state index contributed by atoms with van der Waals surface area (Å²) in [5, 5.41) is 0.0566. The van der Waals surface area contributed by atoms with Crippen molar-refractivity contribution in [1.82, 2.24) is 0 Å². The minimum atomic E-state index is -0.497. The molecule has 1 unspecified atom stereocenters. The zero-order chi connectivity index (χ0) is 12.8. The molecule has 0 radical (unpaired) electrons. The third-order valence-corrected chi connectivity index (χ3v) is 3.14. The largest absolute Gasteiger partial charge is 0.330 e. The van der Waals surface area contributed by atoms with Gasteiger partial charge >= 0.3 is 0 Å². The third-order valence-electron chi connectivity index (χ3n) is 2.85. The first-order valence-electron chi connectivity index (χ1n) is 5.73. The molecule has 0 aliphatic rings. The quantitative estimate of drug-likeness (QED) is 0.851. The third kappa shape index (κ3) is 4.10. The van der Waals surface area contributed by atoms with Gasteiger partial charge in [0.15, 0.2) is 0 Å². The fraction of sp³-hybridized carbons (Fsp3) is 0.462. The number of carbonyl (C=O) groups is 1. The number of ketones is 1. The predicted octanol–water partition coefficient (Wildman–Crippen LogP) is 2.97. The van der Waals surface area contributed by atoms with E-state index in [2.05, 4.69) is 0 Å². The van der Waals surface area contributed by atoms with Crippen LogP contribution in [0.2, 0.25) is 5.02 Å². The van der Waals surface area contributed by atoms with Gasteiger partial charge < -0.3 is 5.73 Å². The van der Waals surface area contributed by atoms with Crippen molar-refractivity contribution in [2.45, 2.75) is 26.2 Å². The Morgan fingerprint density at radius 3 is 2.82 bits per heavy atom. The maximum atomic E-state index is 13.6. The van der Waals surface area contributed by atoms with E-state index in [1.807, 2.05) is 6.92 Å². The molecule has 0 spiro atoms. The van der Waals surface area contributed by atoms with Crippen LogP contribution < -0.4 is 5.73 Å². The SMILES string of the molecule is CCC(CN)CC(=O)Cc1cccc(Cl)c1F. The lowest BCUT2D eigenvalue weighted by atomic mass is 9.96. The van der Waals surface area contributed by atoms with E-state index in [9.17, 15) is 9.18 Å². The lowest BCUT2D eigenvalue weighted by Crippen LogP contribution is -2.18. The van der Waals surface area contributed by atoms with Gasteiger partial charge in [-0.15, -0.1) is 0 Å². The van der Waals surface area contributed by atoms with E-state index in [0.717, 1.165) is 6.42 Å². The average molecular weight is 258 g/mol. The first kappa shape index (κ1) is 14.1. The van der Waals surface area contributed by atoms with Crippen molar-refractivity contribution in [2.75, 3.05) is 6.54 Å². The Labute approximate surface area is 106 Å². The maximum Gasteiger partial charge on any atom is 0.145 e. The van der Waals surface area contributed by atoms with Gasteiger partial charge in [0.05, 0.1) is 5.02 Å². The summed E-state index contributed by atoms with van der Waals surface area (Å²) in [7, 11) is 0. The number of hydrogen-bond donors (Lipinski definition) is 1. The second kappa shape index (κ2) is 6.72. The van der Waals surface area contributed by atoms with E-state index in [1.165, 1.54) is 6.07 Å². The Bertz CT molecular complexity index is 391. The highest BCUT2D eigenvalue weighted by Crippen LogP contribution is 2.19. The molecule has 17 heavy (non-hydrogen) atoms. The molecule has 1 atom stereocenters. The smallest absolute Gasteiger partial charge is 0.145 e. The summed E-state index contributed by atoms with van der Waals surface area (Å²) in [5.74, 6) is -0.309. The van der Waals surface area contributed by atoms with Crippen LogP contribution in [0.3, 0.4) is 0 Å². The number of benzene rings is 1. The lowest BCUT2D eigenvalue weighted by molar-refractivity contribution is -0.119. The Hall–Kier alpha value is -0.930. The molecule has 2 N–H and O–H groups in total. The van der Waals surface area contributed by atoms with Crippen molar-refractivity contribution in [3.05, 3.63) is 34.6 Å². The van der Waals surface area contributed by atoms with E-state index in [-0.39, 0.29) is 23.1 Å². The van der Waals surface area contributed by atoms with Crippen molar-refractivity contribution in [1.29, 1.82) is 0 Å². The molecule has 0 amide bonds. The minimum Gasteiger partial charge on any atom is -0.330 e. The number of rotatable bonds is 6. The maximum absolute atomic E-state index is 13.6. The summed E-state index contributed by atoms with van der Waals surface area (Å²) in [4.78, 5) is 11.7. The molecule has 0 aliphatic heterocycles. The standard InChI is InChI=1S/C13H17ClFNO/c1-2-9(8-16)6-11(17)7-10-4-3-5-12(14)13(10)15/h3-5,9H,2,6-8,16H2,1H3. The Morgan fingerprint density at radius 2 is 2.24 bits per heavy atom. The second-order valence-electron chi connectivity index (χ2n) is 4.14.